The molecule has 4 nitrogen and oxygen atoms in total. The maximum Gasteiger partial charge on any atom is 0.119 e. The lowest BCUT2D eigenvalue weighted by Gasteiger charge is -2.15. The van der Waals surface area contributed by atoms with E-state index in [9.17, 15) is 0 Å². The Balaban J connectivity index is 1.70. The minimum absolute atomic E-state index is 0.660. The van der Waals surface area contributed by atoms with Gasteiger partial charge in [-0.25, -0.2) is 4.98 Å². The summed E-state index contributed by atoms with van der Waals surface area (Å²) in [4.78, 5) is 6.46. The Kier molecular flexibility index (Phi) is 5.18. The van der Waals surface area contributed by atoms with E-state index in [1.807, 2.05) is 29.8 Å². The van der Waals surface area contributed by atoms with Crippen molar-refractivity contribution in [1.29, 1.82) is 0 Å². The van der Waals surface area contributed by atoms with Gasteiger partial charge in [0.25, 0.3) is 0 Å². The first-order valence-electron chi connectivity index (χ1n) is 6.10. The normalized spacial score (nSPS) is 10.7. The summed E-state index contributed by atoms with van der Waals surface area (Å²) in [7, 11) is 3.72. The predicted octanol–water partition coefficient (Wildman–Crippen LogP) is 2.66. The molecule has 19 heavy (non-hydrogen) atoms. The van der Waals surface area contributed by atoms with Gasteiger partial charge < -0.3 is 9.47 Å². The van der Waals surface area contributed by atoms with Gasteiger partial charge in [-0.3, -0.25) is 4.90 Å². The standard InChI is InChI=1S/C14H18N2O2S/c1-16(9-12-10-19-11-15-12)7-8-18-14-5-3-13(17-2)4-6-14/h3-6,10-11H,7-9H2,1-2H3. The zero-order valence-electron chi connectivity index (χ0n) is 11.2. The van der Waals surface area contributed by atoms with E-state index in [0.29, 0.717) is 6.61 Å². The van der Waals surface area contributed by atoms with E-state index in [1.54, 1.807) is 18.4 Å². The van der Waals surface area contributed by atoms with Gasteiger partial charge in [0.2, 0.25) is 0 Å². The molecule has 5 heteroatoms. The number of aromatic nitrogens is 1. The average Bonchev–Trinajstić information content (AvgIpc) is 2.92. The second-order valence-corrected chi connectivity index (χ2v) is 4.96. The van der Waals surface area contributed by atoms with Crippen LogP contribution in [0.5, 0.6) is 11.5 Å². The number of nitrogens with zero attached hydrogens (tertiary/aromatic N) is 2. The maximum absolute atomic E-state index is 5.68. The Morgan fingerprint density at radius 2 is 1.95 bits per heavy atom. The fourth-order valence-electron chi connectivity index (χ4n) is 1.66. The number of benzene rings is 1. The summed E-state index contributed by atoms with van der Waals surface area (Å²) in [6.07, 6.45) is 0. The smallest absolute Gasteiger partial charge is 0.119 e. The molecule has 0 fully saturated rings. The van der Waals surface area contributed by atoms with Crippen molar-refractivity contribution < 1.29 is 9.47 Å². The van der Waals surface area contributed by atoms with Crippen LogP contribution in [0.3, 0.4) is 0 Å². The van der Waals surface area contributed by atoms with Gasteiger partial charge in [-0.1, -0.05) is 0 Å². The molecule has 0 spiro atoms. The first-order valence-corrected chi connectivity index (χ1v) is 7.04. The van der Waals surface area contributed by atoms with E-state index in [4.69, 9.17) is 9.47 Å². The third-order valence-electron chi connectivity index (χ3n) is 2.72. The van der Waals surface area contributed by atoms with E-state index in [2.05, 4.69) is 22.3 Å². The SMILES string of the molecule is COc1ccc(OCCN(C)Cc2cscn2)cc1. The summed E-state index contributed by atoms with van der Waals surface area (Å²) in [5.74, 6) is 1.70. The number of likely N-dealkylation sites (N-methyl/N-ethyl adjacent to an activating group) is 1. The van der Waals surface area contributed by atoms with Gasteiger partial charge in [-0.05, 0) is 31.3 Å². The highest BCUT2D eigenvalue weighted by Gasteiger charge is 2.02. The first-order chi connectivity index (χ1) is 9.28. The zero-order valence-corrected chi connectivity index (χ0v) is 12.0. The quantitative estimate of drug-likeness (QED) is 0.780. The molecule has 0 N–H and O–H groups in total. The second-order valence-electron chi connectivity index (χ2n) is 4.24. The molecular weight excluding hydrogens is 260 g/mol. The summed E-state index contributed by atoms with van der Waals surface area (Å²) in [5, 5.41) is 2.07. The molecule has 0 aliphatic rings. The third-order valence-corrected chi connectivity index (χ3v) is 3.35. The fourth-order valence-corrected chi connectivity index (χ4v) is 2.21. The number of ether oxygens (including phenoxy) is 2. The lowest BCUT2D eigenvalue weighted by atomic mass is 10.3. The first kappa shape index (κ1) is 13.8. The van der Waals surface area contributed by atoms with Crippen molar-refractivity contribution >= 4 is 11.3 Å². The largest absolute Gasteiger partial charge is 0.497 e. The molecule has 2 aromatic rings. The molecule has 102 valence electrons. The van der Waals surface area contributed by atoms with Gasteiger partial charge in [-0.2, -0.15) is 0 Å². The highest BCUT2D eigenvalue weighted by Crippen LogP contribution is 2.16. The van der Waals surface area contributed by atoms with Gasteiger partial charge >= 0.3 is 0 Å². The van der Waals surface area contributed by atoms with Crippen LogP contribution in [-0.4, -0.2) is 37.2 Å². The molecule has 0 amide bonds. The number of methoxy groups -OCH3 is 1. The Morgan fingerprint density at radius 1 is 1.21 bits per heavy atom. The summed E-state index contributed by atoms with van der Waals surface area (Å²) in [5.41, 5.74) is 2.97. The Bertz CT molecular complexity index is 471. The van der Waals surface area contributed by atoms with E-state index < -0.39 is 0 Å². The molecule has 1 heterocycles. The van der Waals surface area contributed by atoms with Crippen LogP contribution in [0.2, 0.25) is 0 Å². The van der Waals surface area contributed by atoms with E-state index in [-0.39, 0.29) is 0 Å². The van der Waals surface area contributed by atoms with Crippen LogP contribution in [0.25, 0.3) is 0 Å². The zero-order chi connectivity index (χ0) is 13.5. The molecule has 0 bridgehead atoms. The molecule has 0 saturated heterocycles. The van der Waals surface area contributed by atoms with Crippen LogP contribution < -0.4 is 9.47 Å². The van der Waals surface area contributed by atoms with E-state index >= 15 is 0 Å². The lowest BCUT2D eigenvalue weighted by molar-refractivity contribution is 0.231. The van der Waals surface area contributed by atoms with Crippen LogP contribution in [0.1, 0.15) is 5.69 Å². The molecule has 0 unspecified atom stereocenters. The van der Waals surface area contributed by atoms with Crippen LogP contribution >= 0.6 is 11.3 Å². The van der Waals surface area contributed by atoms with Crippen molar-refractivity contribution in [2.45, 2.75) is 6.54 Å². The molecule has 1 aromatic heterocycles. The molecular formula is C14H18N2O2S. The Hall–Kier alpha value is -1.59. The van der Waals surface area contributed by atoms with Crippen LogP contribution in [-0.2, 0) is 6.54 Å². The summed E-state index contributed by atoms with van der Waals surface area (Å²) in [6, 6.07) is 7.63. The van der Waals surface area contributed by atoms with Gasteiger partial charge in [0.1, 0.15) is 18.1 Å². The molecule has 1 aromatic carbocycles. The minimum atomic E-state index is 0.660. The fraction of sp³-hybridized carbons (Fsp3) is 0.357. The third kappa shape index (κ3) is 4.54. The number of rotatable bonds is 7. The Morgan fingerprint density at radius 3 is 2.58 bits per heavy atom. The number of thiazole rings is 1. The maximum atomic E-state index is 5.68. The van der Waals surface area contributed by atoms with Crippen molar-refractivity contribution in [2.75, 3.05) is 27.3 Å². The summed E-state index contributed by atoms with van der Waals surface area (Å²) in [6.45, 7) is 2.38. The van der Waals surface area contributed by atoms with E-state index in [0.717, 1.165) is 30.3 Å². The predicted molar refractivity (Wildman–Crippen MR) is 76.9 cm³/mol. The average molecular weight is 278 g/mol. The highest BCUT2D eigenvalue weighted by molar-refractivity contribution is 7.07. The van der Waals surface area contributed by atoms with Gasteiger partial charge in [0.05, 0.1) is 18.3 Å². The Labute approximate surface area is 117 Å². The minimum Gasteiger partial charge on any atom is -0.497 e. The molecule has 0 radical (unpaired) electrons. The van der Waals surface area contributed by atoms with Crippen molar-refractivity contribution in [3.8, 4) is 11.5 Å². The van der Waals surface area contributed by atoms with Crippen molar-refractivity contribution in [3.05, 3.63) is 40.8 Å². The van der Waals surface area contributed by atoms with Gasteiger partial charge in [0, 0.05) is 18.5 Å². The second kappa shape index (κ2) is 7.11. The molecule has 0 aliphatic heterocycles. The molecule has 0 aliphatic carbocycles. The van der Waals surface area contributed by atoms with E-state index in [1.165, 1.54) is 0 Å². The number of hydrogen-bond acceptors (Lipinski definition) is 5. The monoisotopic (exact) mass is 278 g/mol. The summed E-state index contributed by atoms with van der Waals surface area (Å²) >= 11 is 1.62. The van der Waals surface area contributed by atoms with Crippen LogP contribution in [0.15, 0.2) is 35.2 Å². The molecule has 0 atom stereocenters. The summed E-state index contributed by atoms with van der Waals surface area (Å²) < 4.78 is 10.8. The van der Waals surface area contributed by atoms with Gasteiger partial charge in [0.15, 0.2) is 0 Å². The topological polar surface area (TPSA) is 34.6 Å². The van der Waals surface area contributed by atoms with Crippen molar-refractivity contribution in [2.24, 2.45) is 0 Å². The van der Waals surface area contributed by atoms with Crippen molar-refractivity contribution in [3.63, 3.8) is 0 Å². The lowest BCUT2D eigenvalue weighted by Crippen LogP contribution is -2.23. The highest BCUT2D eigenvalue weighted by atomic mass is 32.1. The van der Waals surface area contributed by atoms with Crippen molar-refractivity contribution in [1.82, 2.24) is 9.88 Å². The van der Waals surface area contributed by atoms with Crippen LogP contribution in [0.4, 0.5) is 0 Å². The number of hydrogen-bond donors (Lipinski definition) is 0. The van der Waals surface area contributed by atoms with Gasteiger partial charge in [-0.15, -0.1) is 11.3 Å². The van der Waals surface area contributed by atoms with Crippen LogP contribution in [0, 0.1) is 0 Å². The molecule has 0 saturated carbocycles. The molecule has 2 rings (SSSR count).